The fourth-order valence-corrected chi connectivity index (χ4v) is 4.84. The first-order valence-electron chi connectivity index (χ1n) is 8.87. The number of aromatic nitrogens is 1. The van der Waals surface area contributed by atoms with Crippen LogP contribution in [0.5, 0.6) is 0 Å². The number of hydrogen-bond acceptors (Lipinski definition) is 3. The zero-order valence-electron chi connectivity index (χ0n) is 15.3. The van der Waals surface area contributed by atoms with E-state index in [2.05, 4.69) is 11.0 Å². The summed E-state index contributed by atoms with van der Waals surface area (Å²) in [7, 11) is -1.73. The van der Waals surface area contributed by atoms with Crippen molar-refractivity contribution >= 4 is 26.5 Å². The van der Waals surface area contributed by atoms with Gasteiger partial charge in [0.25, 0.3) is 10.0 Å². The SMILES string of the molecule is Cc1ccc(S(=O)(=O)n2cc(C3=CCN(C)CC3)c3cc(F)ccc32)cc1. The summed E-state index contributed by atoms with van der Waals surface area (Å²) in [6.45, 7) is 3.59. The molecule has 0 radical (unpaired) electrons. The molecule has 2 aromatic carbocycles. The molecule has 0 N–H and O–H groups in total. The van der Waals surface area contributed by atoms with E-state index in [0.717, 1.165) is 36.2 Å². The Balaban J connectivity index is 1.93. The van der Waals surface area contributed by atoms with E-state index in [1.165, 1.54) is 22.2 Å². The molecule has 6 heteroatoms. The van der Waals surface area contributed by atoms with Crippen molar-refractivity contribution in [2.24, 2.45) is 0 Å². The maximum atomic E-state index is 13.9. The zero-order valence-corrected chi connectivity index (χ0v) is 16.1. The molecule has 140 valence electrons. The van der Waals surface area contributed by atoms with Gasteiger partial charge in [-0.05, 0) is 56.3 Å². The molecule has 0 bridgehead atoms. The lowest BCUT2D eigenvalue weighted by molar-refractivity contribution is 0.370. The predicted octanol–water partition coefficient (Wildman–Crippen LogP) is 4.04. The van der Waals surface area contributed by atoms with Gasteiger partial charge in [-0.15, -0.1) is 0 Å². The summed E-state index contributed by atoms with van der Waals surface area (Å²) in [6.07, 6.45) is 4.53. The fourth-order valence-electron chi connectivity index (χ4n) is 3.47. The van der Waals surface area contributed by atoms with Crippen LogP contribution in [0.2, 0.25) is 0 Å². The van der Waals surface area contributed by atoms with Crippen molar-refractivity contribution in [1.82, 2.24) is 8.87 Å². The van der Waals surface area contributed by atoms with Gasteiger partial charge in [0.1, 0.15) is 5.82 Å². The van der Waals surface area contributed by atoms with Crippen molar-refractivity contribution in [3.8, 4) is 0 Å². The standard InChI is InChI=1S/C21H21FN2O2S/c1-15-3-6-18(7-4-15)27(25,26)24-14-20(16-9-11-23(2)12-10-16)19-13-17(22)5-8-21(19)24/h3-9,13-14H,10-12H2,1-2H3. The van der Waals surface area contributed by atoms with E-state index in [1.807, 2.05) is 14.0 Å². The smallest absolute Gasteiger partial charge is 0.268 e. The summed E-state index contributed by atoms with van der Waals surface area (Å²) in [5.74, 6) is -0.372. The van der Waals surface area contributed by atoms with Crippen LogP contribution in [0, 0.1) is 12.7 Å². The molecule has 0 unspecified atom stereocenters. The minimum atomic E-state index is -3.77. The molecule has 0 aliphatic carbocycles. The van der Waals surface area contributed by atoms with Crippen LogP contribution in [-0.2, 0) is 10.0 Å². The van der Waals surface area contributed by atoms with E-state index in [1.54, 1.807) is 30.5 Å². The summed E-state index contributed by atoms with van der Waals surface area (Å²) in [6, 6.07) is 11.0. The van der Waals surface area contributed by atoms with Crippen molar-refractivity contribution in [2.45, 2.75) is 18.2 Å². The minimum absolute atomic E-state index is 0.221. The second-order valence-electron chi connectivity index (χ2n) is 7.06. The third kappa shape index (κ3) is 3.19. The van der Waals surface area contributed by atoms with Gasteiger partial charge in [0.15, 0.2) is 0 Å². The highest BCUT2D eigenvalue weighted by atomic mass is 32.2. The zero-order chi connectivity index (χ0) is 19.2. The second-order valence-corrected chi connectivity index (χ2v) is 8.87. The van der Waals surface area contributed by atoms with E-state index in [4.69, 9.17) is 0 Å². The van der Waals surface area contributed by atoms with Crippen LogP contribution in [0.1, 0.15) is 17.5 Å². The van der Waals surface area contributed by atoms with Gasteiger partial charge >= 0.3 is 0 Å². The average molecular weight is 384 g/mol. The number of aryl methyl sites for hydroxylation is 1. The topological polar surface area (TPSA) is 42.3 Å². The van der Waals surface area contributed by atoms with Gasteiger partial charge in [0.2, 0.25) is 0 Å². The molecule has 3 aromatic rings. The Labute approximate surface area is 158 Å². The van der Waals surface area contributed by atoms with Gasteiger partial charge in [-0.1, -0.05) is 23.8 Å². The Morgan fingerprint density at radius 2 is 1.81 bits per heavy atom. The van der Waals surface area contributed by atoms with E-state index >= 15 is 0 Å². The lowest BCUT2D eigenvalue weighted by Crippen LogP contribution is -2.23. The number of halogens is 1. The molecule has 0 saturated carbocycles. The Morgan fingerprint density at radius 1 is 1.07 bits per heavy atom. The number of fused-ring (bicyclic) bond motifs is 1. The first-order chi connectivity index (χ1) is 12.9. The number of rotatable bonds is 3. The van der Waals surface area contributed by atoms with Crippen LogP contribution in [0.15, 0.2) is 59.6 Å². The van der Waals surface area contributed by atoms with Gasteiger partial charge in [0.05, 0.1) is 10.4 Å². The van der Waals surface area contributed by atoms with Gasteiger partial charge in [-0.25, -0.2) is 16.8 Å². The monoisotopic (exact) mass is 384 g/mol. The normalized spacial score (nSPS) is 15.9. The molecule has 0 amide bonds. The van der Waals surface area contributed by atoms with Crippen molar-refractivity contribution < 1.29 is 12.8 Å². The highest BCUT2D eigenvalue weighted by molar-refractivity contribution is 7.90. The molecule has 1 aliphatic rings. The highest BCUT2D eigenvalue weighted by Gasteiger charge is 2.23. The van der Waals surface area contributed by atoms with Crippen molar-refractivity contribution in [1.29, 1.82) is 0 Å². The Hall–Kier alpha value is -2.44. The lowest BCUT2D eigenvalue weighted by atomic mass is 9.99. The molecule has 4 rings (SSSR count). The molecule has 2 heterocycles. The van der Waals surface area contributed by atoms with Crippen molar-refractivity contribution in [2.75, 3.05) is 20.1 Å². The van der Waals surface area contributed by atoms with Crippen LogP contribution in [0.25, 0.3) is 16.5 Å². The minimum Gasteiger partial charge on any atom is -0.302 e. The molecular formula is C21H21FN2O2S. The van der Waals surface area contributed by atoms with Gasteiger partial charge in [-0.3, -0.25) is 0 Å². The van der Waals surface area contributed by atoms with E-state index in [9.17, 15) is 12.8 Å². The molecule has 1 aromatic heterocycles. The third-order valence-corrected chi connectivity index (χ3v) is 6.76. The molecule has 4 nitrogen and oxygen atoms in total. The molecule has 0 fully saturated rings. The molecule has 1 aliphatic heterocycles. The lowest BCUT2D eigenvalue weighted by Gasteiger charge is -2.21. The summed E-state index contributed by atoms with van der Waals surface area (Å²) in [4.78, 5) is 2.41. The first kappa shape index (κ1) is 17.9. The number of likely N-dealkylation sites (N-methyl/N-ethyl adjacent to an activating group) is 1. The third-order valence-electron chi connectivity index (χ3n) is 5.07. The maximum Gasteiger partial charge on any atom is 0.268 e. The fraction of sp³-hybridized carbons (Fsp3) is 0.238. The average Bonchev–Trinajstić information content (AvgIpc) is 3.02. The van der Waals surface area contributed by atoms with Gasteiger partial charge < -0.3 is 4.90 Å². The van der Waals surface area contributed by atoms with Crippen LogP contribution in [-0.4, -0.2) is 37.4 Å². The molecule has 27 heavy (non-hydrogen) atoms. The van der Waals surface area contributed by atoms with Crippen LogP contribution >= 0.6 is 0 Å². The summed E-state index contributed by atoms with van der Waals surface area (Å²) in [5, 5.41) is 0.626. The molecular weight excluding hydrogens is 363 g/mol. The van der Waals surface area contributed by atoms with Crippen LogP contribution < -0.4 is 0 Å². The summed E-state index contributed by atoms with van der Waals surface area (Å²) >= 11 is 0. The van der Waals surface area contributed by atoms with Gasteiger partial charge in [0, 0.05) is 30.2 Å². The number of nitrogens with zero attached hydrogens (tertiary/aromatic N) is 2. The number of hydrogen-bond donors (Lipinski definition) is 0. The maximum absolute atomic E-state index is 13.9. The summed E-state index contributed by atoms with van der Waals surface area (Å²) < 4.78 is 41.7. The molecule has 0 spiro atoms. The Bertz CT molecular complexity index is 1140. The quantitative estimate of drug-likeness (QED) is 0.684. The summed E-state index contributed by atoms with van der Waals surface area (Å²) in [5.41, 5.74) is 3.33. The first-order valence-corrected chi connectivity index (χ1v) is 10.3. The number of benzene rings is 2. The van der Waals surface area contributed by atoms with Crippen LogP contribution in [0.3, 0.4) is 0 Å². The Kier molecular flexibility index (Phi) is 4.40. The largest absolute Gasteiger partial charge is 0.302 e. The van der Waals surface area contributed by atoms with Crippen molar-refractivity contribution in [3.63, 3.8) is 0 Å². The van der Waals surface area contributed by atoms with E-state index in [-0.39, 0.29) is 10.7 Å². The van der Waals surface area contributed by atoms with Gasteiger partial charge in [-0.2, -0.15) is 0 Å². The highest BCUT2D eigenvalue weighted by Crippen LogP contribution is 2.33. The van der Waals surface area contributed by atoms with Crippen molar-refractivity contribution in [3.05, 3.63) is 71.7 Å². The second kappa shape index (κ2) is 6.62. The van der Waals surface area contributed by atoms with E-state index < -0.39 is 10.0 Å². The molecule has 0 atom stereocenters. The predicted molar refractivity (Wildman–Crippen MR) is 106 cm³/mol. The molecule has 0 saturated heterocycles. The Morgan fingerprint density at radius 3 is 2.48 bits per heavy atom. The van der Waals surface area contributed by atoms with E-state index in [0.29, 0.717) is 10.9 Å². The van der Waals surface area contributed by atoms with Crippen LogP contribution in [0.4, 0.5) is 4.39 Å².